The summed E-state index contributed by atoms with van der Waals surface area (Å²) >= 11 is 0. The second-order valence-corrected chi connectivity index (χ2v) is 5.01. The van der Waals surface area contributed by atoms with Crippen molar-refractivity contribution in [3.8, 4) is 11.5 Å². The lowest BCUT2D eigenvalue weighted by Crippen LogP contribution is -1.97. The molecule has 0 aliphatic heterocycles. The normalized spacial score (nSPS) is 12.8. The molecule has 0 atom stereocenters. The van der Waals surface area contributed by atoms with Gasteiger partial charge >= 0.3 is 5.69 Å². The fraction of sp³-hybridized carbons (Fsp3) is 0.133. The maximum atomic E-state index is 11.6. The molecule has 0 fully saturated rings. The van der Waals surface area contributed by atoms with Crippen LogP contribution in [0.25, 0.3) is 0 Å². The van der Waals surface area contributed by atoms with E-state index in [0.29, 0.717) is 24.2 Å². The number of hydrogen-bond acceptors (Lipinski definition) is 6. The predicted octanol–water partition coefficient (Wildman–Crippen LogP) is 3.42. The van der Waals surface area contributed by atoms with Crippen LogP contribution in [-0.2, 0) is 6.42 Å². The second kappa shape index (κ2) is 5.48. The van der Waals surface area contributed by atoms with Gasteiger partial charge in [-0.05, 0) is 36.2 Å². The SMILES string of the molecule is O=C1CCc2cc(Oc3ccc([N+](=O)[O-])cc3[N+](=O)[O-])ccc21. The smallest absolute Gasteiger partial charge is 0.318 e. The van der Waals surface area contributed by atoms with Crippen LogP contribution in [0.15, 0.2) is 36.4 Å². The third-order valence-electron chi connectivity index (χ3n) is 3.58. The van der Waals surface area contributed by atoms with Crippen molar-refractivity contribution < 1.29 is 19.4 Å². The topological polar surface area (TPSA) is 113 Å². The molecule has 0 unspecified atom stereocenters. The lowest BCUT2D eigenvalue weighted by atomic mass is 10.1. The molecule has 3 rings (SSSR count). The predicted molar refractivity (Wildman–Crippen MR) is 78.9 cm³/mol. The van der Waals surface area contributed by atoms with Crippen molar-refractivity contribution in [2.45, 2.75) is 12.8 Å². The zero-order valence-corrected chi connectivity index (χ0v) is 11.7. The number of ketones is 1. The molecule has 0 aromatic heterocycles. The van der Waals surface area contributed by atoms with Crippen LogP contribution in [0.4, 0.5) is 11.4 Å². The van der Waals surface area contributed by atoms with Crippen molar-refractivity contribution in [3.05, 3.63) is 67.8 Å². The molecule has 0 amide bonds. The summed E-state index contributed by atoms with van der Waals surface area (Å²) in [6.07, 6.45) is 1.05. The summed E-state index contributed by atoms with van der Waals surface area (Å²) in [5.41, 5.74) is 0.590. The van der Waals surface area contributed by atoms with Crippen LogP contribution in [0.1, 0.15) is 22.3 Å². The number of benzene rings is 2. The number of nitro groups is 2. The number of fused-ring (bicyclic) bond motifs is 1. The summed E-state index contributed by atoms with van der Waals surface area (Å²) in [6.45, 7) is 0. The van der Waals surface area contributed by atoms with Crippen LogP contribution in [0.2, 0.25) is 0 Å². The number of carbonyl (C=O) groups is 1. The van der Waals surface area contributed by atoms with E-state index < -0.39 is 15.5 Å². The molecule has 8 nitrogen and oxygen atoms in total. The number of ether oxygens (including phenoxy) is 1. The van der Waals surface area contributed by atoms with Gasteiger partial charge in [0, 0.05) is 18.1 Å². The lowest BCUT2D eigenvalue weighted by Gasteiger charge is -2.07. The van der Waals surface area contributed by atoms with Gasteiger partial charge in [0.05, 0.1) is 15.9 Å². The molecule has 0 N–H and O–H groups in total. The van der Waals surface area contributed by atoms with Gasteiger partial charge in [0.1, 0.15) is 5.75 Å². The van der Waals surface area contributed by atoms with Gasteiger partial charge < -0.3 is 4.74 Å². The van der Waals surface area contributed by atoms with Crippen LogP contribution in [0.3, 0.4) is 0 Å². The van der Waals surface area contributed by atoms with Gasteiger partial charge in [-0.2, -0.15) is 0 Å². The monoisotopic (exact) mass is 314 g/mol. The Kier molecular flexibility index (Phi) is 3.49. The van der Waals surface area contributed by atoms with Gasteiger partial charge in [-0.3, -0.25) is 25.0 Å². The largest absolute Gasteiger partial charge is 0.450 e. The summed E-state index contributed by atoms with van der Waals surface area (Å²) in [5.74, 6) is 0.313. The summed E-state index contributed by atoms with van der Waals surface area (Å²) in [6, 6.07) is 8.01. The Morgan fingerprint density at radius 2 is 1.74 bits per heavy atom. The molecule has 23 heavy (non-hydrogen) atoms. The van der Waals surface area contributed by atoms with Crippen molar-refractivity contribution >= 4 is 17.2 Å². The molecule has 1 aliphatic carbocycles. The maximum Gasteiger partial charge on any atom is 0.318 e. The molecule has 0 spiro atoms. The molecule has 2 aromatic rings. The Morgan fingerprint density at radius 1 is 0.957 bits per heavy atom. The highest BCUT2D eigenvalue weighted by molar-refractivity contribution is 6.00. The summed E-state index contributed by atoms with van der Waals surface area (Å²) < 4.78 is 5.49. The van der Waals surface area contributed by atoms with Crippen LogP contribution in [0, 0.1) is 20.2 Å². The van der Waals surface area contributed by atoms with Crippen LogP contribution >= 0.6 is 0 Å². The van der Waals surface area contributed by atoms with Crippen molar-refractivity contribution in [2.75, 3.05) is 0 Å². The van der Waals surface area contributed by atoms with Gasteiger partial charge in [0.2, 0.25) is 5.75 Å². The molecule has 0 radical (unpaired) electrons. The van der Waals surface area contributed by atoms with E-state index in [1.807, 2.05) is 0 Å². The first kappa shape index (κ1) is 14.6. The average molecular weight is 314 g/mol. The number of nitro benzene ring substituents is 2. The third-order valence-corrected chi connectivity index (χ3v) is 3.58. The molecule has 0 saturated heterocycles. The van der Waals surface area contributed by atoms with E-state index in [-0.39, 0.29) is 17.2 Å². The van der Waals surface area contributed by atoms with Crippen molar-refractivity contribution in [1.82, 2.24) is 0 Å². The standard InChI is InChI=1S/C15H10N2O6/c18-14-5-1-9-7-11(3-4-12(9)14)23-15-6-2-10(16(19)20)8-13(15)17(21)22/h2-4,6-8H,1,5H2. The fourth-order valence-corrected chi connectivity index (χ4v) is 2.47. The van der Waals surface area contributed by atoms with Gasteiger partial charge in [-0.25, -0.2) is 0 Å². The number of non-ortho nitro benzene ring substituents is 1. The van der Waals surface area contributed by atoms with Crippen molar-refractivity contribution in [3.63, 3.8) is 0 Å². The zero-order chi connectivity index (χ0) is 16.6. The minimum absolute atomic E-state index is 0.0628. The molecule has 0 bridgehead atoms. The molecule has 2 aromatic carbocycles. The molecular weight excluding hydrogens is 304 g/mol. The molecule has 1 aliphatic rings. The van der Waals surface area contributed by atoms with Gasteiger partial charge in [0.25, 0.3) is 5.69 Å². The Morgan fingerprint density at radius 3 is 2.43 bits per heavy atom. The Balaban J connectivity index is 1.95. The number of rotatable bonds is 4. The van der Waals surface area contributed by atoms with Crippen LogP contribution < -0.4 is 4.74 Å². The van der Waals surface area contributed by atoms with E-state index in [2.05, 4.69) is 0 Å². The third kappa shape index (κ3) is 2.73. The zero-order valence-electron chi connectivity index (χ0n) is 11.7. The molecule has 116 valence electrons. The number of Topliss-reactive ketones (excluding diaryl/α,β-unsaturated/α-hetero) is 1. The maximum absolute atomic E-state index is 11.6. The number of hydrogen-bond donors (Lipinski definition) is 0. The lowest BCUT2D eigenvalue weighted by molar-refractivity contribution is -0.394. The molecule has 0 heterocycles. The first-order chi connectivity index (χ1) is 11.0. The van der Waals surface area contributed by atoms with E-state index in [1.54, 1.807) is 18.2 Å². The first-order valence-electron chi connectivity index (χ1n) is 6.72. The van der Waals surface area contributed by atoms with Crippen molar-refractivity contribution in [1.29, 1.82) is 0 Å². The number of nitrogens with zero attached hydrogens (tertiary/aromatic N) is 2. The highest BCUT2D eigenvalue weighted by Crippen LogP contribution is 2.35. The van der Waals surface area contributed by atoms with E-state index >= 15 is 0 Å². The fourth-order valence-electron chi connectivity index (χ4n) is 2.47. The van der Waals surface area contributed by atoms with Crippen LogP contribution in [-0.4, -0.2) is 15.6 Å². The average Bonchev–Trinajstić information content (AvgIpc) is 2.88. The quantitative estimate of drug-likeness (QED) is 0.631. The van der Waals surface area contributed by atoms with Crippen LogP contribution in [0.5, 0.6) is 11.5 Å². The second-order valence-electron chi connectivity index (χ2n) is 5.01. The highest BCUT2D eigenvalue weighted by Gasteiger charge is 2.23. The van der Waals surface area contributed by atoms with Crippen molar-refractivity contribution in [2.24, 2.45) is 0 Å². The van der Waals surface area contributed by atoms with E-state index in [9.17, 15) is 25.0 Å². The van der Waals surface area contributed by atoms with Gasteiger partial charge in [-0.15, -0.1) is 0 Å². The number of carbonyl (C=O) groups excluding carboxylic acids is 1. The highest BCUT2D eigenvalue weighted by atomic mass is 16.6. The van der Waals surface area contributed by atoms with Gasteiger partial charge in [-0.1, -0.05) is 0 Å². The Hall–Kier alpha value is -3.29. The van der Waals surface area contributed by atoms with Gasteiger partial charge in [0.15, 0.2) is 5.78 Å². The molecule has 0 saturated carbocycles. The summed E-state index contributed by atoms with van der Waals surface area (Å²) in [5, 5.41) is 21.8. The van der Waals surface area contributed by atoms with E-state index in [1.165, 1.54) is 6.07 Å². The summed E-state index contributed by atoms with van der Waals surface area (Å²) in [7, 11) is 0. The van der Waals surface area contributed by atoms with E-state index in [0.717, 1.165) is 17.7 Å². The Labute approximate surface area is 129 Å². The molecule has 8 heteroatoms. The first-order valence-corrected chi connectivity index (χ1v) is 6.72. The minimum Gasteiger partial charge on any atom is -0.450 e. The van der Waals surface area contributed by atoms with E-state index in [4.69, 9.17) is 4.74 Å². The number of aryl methyl sites for hydroxylation is 1. The Bertz CT molecular complexity index is 846. The minimum atomic E-state index is -0.737. The summed E-state index contributed by atoms with van der Waals surface area (Å²) in [4.78, 5) is 31.9. The molecular formula is C15H10N2O6.